The van der Waals surface area contributed by atoms with Gasteiger partial charge in [0.15, 0.2) is 6.04 Å². The predicted octanol–water partition coefficient (Wildman–Crippen LogP) is 1.40. The van der Waals surface area contributed by atoms with Gasteiger partial charge >= 0.3 is 5.97 Å². The van der Waals surface area contributed by atoms with Crippen LogP contribution in [-0.4, -0.2) is 17.1 Å². The summed E-state index contributed by atoms with van der Waals surface area (Å²) >= 11 is 0. The maximum atomic E-state index is 10.4. The lowest BCUT2D eigenvalue weighted by Gasteiger charge is -2.09. The Kier molecular flexibility index (Phi) is 2.57. The molecular weight excluding hydrogens is 146 g/mol. The molecule has 1 aliphatic carbocycles. The van der Waals surface area contributed by atoms with Crippen molar-refractivity contribution in [2.24, 2.45) is 11.1 Å². The van der Waals surface area contributed by atoms with Crippen LogP contribution in [0.4, 0.5) is 0 Å². The molecular formula is C7H11NO3. The average molecular weight is 157 g/mol. The zero-order valence-electron chi connectivity index (χ0n) is 6.19. The molecule has 62 valence electrons. The Balaban J connectivity index is 2.53. The highest BCUT2D eigenvalue weighted by molar-refractivity contribution is 5.74. The largest absolute Gasteiger partial charge is 0.480 e. The summed E-state index contributed by atoms with van der Waals surface area (Å²) in [7, 11) is 0. The smallest absolute Gasteiger partial charge is 0.332 e. The molecule has 1 rings (SSSR count). The Morgan fingerprint density at radius 1 is 1.45 bits per heavy atom. The van der Waals surface area contributed by atoms with E-state index in [1.165, 1.54) is 0 Å². The van der Waals surface area contributed by atoms with Crippen molar-refractivity contribution in [2.45, 2.75) is 31.7 Å². The summed E-state index contributed by atoms with van der Waals surface area (Å²) in [6, 6.07) is -1.00. The van der Waals surface area contributed by atoms with Gasteiger partial charge in [0.1, 0.15) is 0 Å². The Bertz CT molecular complexity index is 163. The van der Waals surface area contributed by atoms with Crippen LogP contribution in [0.5, 0.6) is 0 Å². The number of aliphatic carboxylic acids is 1. The summed E-state index contributed by atoms with van der Waals surface area (Å²) in [5.41, 5.74) is 0. The van der Waals surface area contributed by atoms with Crippen LogP contribution >= 0.6 is 0 Å². The highest BCUT2D eigenvalue weighted by atomic mass is 16.4. The Morgan fingerprint density at radius 3 is 2.36 bits per heavy atom. The molecule has 11 heavy (non-hydrogen) atoms. The van der Waals surface area contributed by atoms with E-state index in [0.717, 1.165) is 25.7 Å². The number of carboxylic acid groups (broad SMARTS) is 1. The van der Waals surface area contributed by atoms with E-state index in [1.807, 2.05) is 0 Å². The van der Waals surface area contributed by atoms with Crippen molar-refractivity contribution >= 4 is 5.97 Å². The summed E-state index contributed by atoms with van der Waals surface area (Å²) in [6.45, 7) is 0. The van der Waals surface area contributed by atoms with E-state index in [4.69, 9.17) is 5.11 Å². The van der Waals surface area contributed by atoms with Gasteiger partial charge in [-0.2, -0.15) is 0 Å². The van der Waals surface area contributed by atoms with Crippen LogP contribution in [0.2, 0.25) is 0 Å². The molecule has 0 radical (unpaired) electrons. The Labute approximate surface area is 64.6 Å². The van der Waals surface area contributed by atoms with Gasteiger partial charge in [0, 0.05) is 0 Å². The van der Waals surface area contributed by atoms with Crippen molar-refractivity contribution in [3.8, 4) is 0 Å². The summed E-state index contributed by atoms with van der Waals surface area (Å²) < 4.78 is 0. The van der Waals surface area contributed by atoms with Gasteiger partial charge in [-0.1, -0.05) is 18.0 Å². The van der Waals surface area contributed by atoms with Gasteiger partial charge in [-0.05, 0) is 18.8 Å². The summed E-state index contributed by atoms with van der Waals surface area (Å²) in [4.78, 5) is 20.5. The van der Waals surface area contributed by atoms with E-state index in [1.54, 1.807) is 0 Å². The lowest BCUT2D eigenvalue weighted by Crippen LogP contribution is -2.25. The number of nitroso groups, excluding NO2 is 1. The minimum atomic E-state index is -1.08. The van der Waals surface area contributed by atoms with Gasteiger partial charge < -0.3 is 5.11 Å². The lowest BCUT2D eigenvalue weighted by atomic mass is 9.99. The molecule has 0 aromatic carbocycles. The molecule has 0 amide bonds. The van der Waals surface area contributed by atoms with Crippen LogP contribution in [0.25, 0.3) is 0 Å². The minimum absolute atomic E-state index is 0.00926. The molecule has 0 saturated heterocycles. The first kappa shape index (κ1) is 8.17. The molecule has 1 aliphatic rings. The van der Waals surface area contributed by atoms with Crippen LogP contribution in [0, 0.1) is 10.8 Å². The zero-order valence-corrected chi connectivity index (χ0v) is 6.19. The summed E-state index contributed by atoms with van der Waals surface area (Å²) in [5, 5.41) is 11.2. The number of rotatable bonds is 3. The van der Waals surface area contributed by atoms with Crippen LogP contribution < -0.4 is 0 Å². The van der Waals surface area contributed by atoms with Crippen LogP contribution in [0.1, 0.15) is 25.7 Å². The van der Waals surface area contributed by atoms with Crippen LogP contribution in [-0.2, 0) is 4.79 Å². The van der Waals surface area contributed by atoms with Crippen molar-refractivity contribution < 1.29 is 9.90 Å². The van der Waals surface area contributed by atoms with Crippen molar-refractivity contribution in [1.29, 1.82) is 0 Å². The third-order valence-corrected chi connectivity index (χ3v) is 2.21. The molecule has 1 fully saturated rings. The number of hydrogen-bond acceptors (Lipinski definition) is 3. The quantitative estimate of drug-likeness (QED) is 0.629. The normalized spacial score (nSPS) is 21.5. The maximum Gasteiger partial charge on any atom is 0.332 e. The van der Waals surface area contributed by atoms with Crippen molar-refractivity contribution in [2.75, 3.05) is 0 Å². The van der Waals surface area contributed by atoms with E-state index in [0.29, 0.717) is 0 Å². The fourth-order valence-electron chi connectivity index (χ4n) is 1.61. The third-order valence-electron chi connectivity index (χ3n) is 2.21. The topological polar surface area (TPSA) is 66.7 Å². The SMILES string of the molecule is O=N[C@H](C(=O)O)C1CCCC1. The molecule has 0 aliphatic heterocycles. The molecule has 0 bridgehead atoms. The van der Waals surface area contributed by atoms with Gasteiger partial charge in [0.25, 0.3) is 0 Å². The first-order valence-corrected chi connectivity index (χ1v) is 3.81. The van der Waals surface area contributed by atoms with E-state index < -0.39 is 12.0 Å². The number of nitrogens with zero attached hydrogens (tertiary/aromatic N) is 1. The molecule has 0 aromatic rings. The highest BCUT2D eigenvalue weighted by Gasteiger charge is 2.31. The van der Waals surface area contributed by atoms with Crippen molar-refractivity contribution in [1.82, 2.24) is 0 Å². The first-order valence-electron chi connectivity index (χ1n) is 3.81. The van der Waals surface area contributed by atoms with Gasteiger partial charge in [-0.3, -0.25) is 0 Å². The molecule has 0 unspecified atom stereocenters. The Hall–Kier alpha value is -0.930. The molecule has 4 nitrogen and oxygen atoms in total. The number of carbonyl (C=O) groups is 1. The highest BCUT2D eigenvalue weighted by Crippen LogP contribution is 2.29. The standard InChI is InChI=1S/C7H11NO3/c9-7(10)6(8-11)5-3-1-2-4-5/h5-6H,1-4H2,(H,9,10)/t6-/m0/s1. The fraction of sp³-hybridized carbons (Fsp3) is 0.857. The minimum Gasteiger partial charge on any atom is -0.480 e. The van der Waals surface area contributed by atoms with E-state index >= 15 is 0 Å². The second-order valence-corrected chi connectivity index (χ2v) is 2.93. The van der Waals surface area contributed by atoms with Gasteiger partial charge in [-0.25, -0.2) is 4.79 Å². The maximum absolute atomic E-state index is 10.4. The lowest BCUT2D eigenvalue weighted by molar-refractivity contribution is -0.139. The number of hydrogen-bond donors (Lipinski definition) is 1. The van der Waals surface area contributed by atoms with Crippen molar-refractivity contribution in [3.63, 3.8) is 0 Å². The second-order valence-electron chi connectivity index (χ2n) is 2.93. The van der Waals surface area contributed by atoms with Crippen LogP contribution in [0.15, 0.2) is 5.18 Å². The van der Waals surface area contributed by atoms with Crippen LogP contribution in [0.3, 0.4) is 0 Å². The average Bonchev–Trinajstić information content (AvgIpc) is 2.40. The molecule has 4 heteroatoms. The molecule has 1 atom stereocenters. The van der Waals surface area contributed by atoms with E-state index in [-0.39, 0.29) is 5.92 Å². The molecule has 1 N–H and O–H groups in total. The van der Waals surface area contributed by atoms with E-state index in [9.17, 15) is 9.70 Å². The van der Waals surface area contributed by atoms with E-state index in [2.05, 4.69) is 5.18 Å². The summed E-state index contributed by atoms with van der Waals surface area (Å²) in [5.74, 6) is -1.09. The molecule has 0 aromatic heterocycles. The van der Waals surface area contributed by atoms with Gasteiger partial charge in [0.05, 0.1) is 0 Å². The zero-order chi connectivity index (χ0) is 8.27. The summed E-state index contributed by atoms with van der Waals surface area (Å²) in [6.07, 6.45) is 3.74. The molecule has 1 saturated carbocycles. The number of carboxylic acids is 1. The third kappa shape index (κ3) is 1.76. The fourth-order valence-corrected chi connectivity index (χ4v) is 1.61. The van der Waals surface area contributed by atoms with Gasteiger partial charge in [0.2, 0.25) is 0 Å². The Morgan fingerprint density at radius 2 is 2.00 bits per heavy atom. The van der Waals surface area contributed by atoms with Crippen molar-refractivity contribution in [3.05, 3.63) is 4.91 Å². The first-order chi connectivity index (χ1) is 5.25. The molecule has 0 spiro atoms. The van der Waals surface area contributed by atoms with Gasteiger partial charge in [-0.15, -0.1) is 4.91 Å². The second kappa shape index (κ2) is 3.46. The molecule has 0 heterocycles. The monoisotopic (exact) mass is 157 g/mol. The predicted molar refractivity (Wildman–Crippen MR) is 39.2 cm³/mol.